The fourth-order valence-electron chi connectivity index (χ4n) is 2.79. The molecule has 1 saturated heterocycles. The highest BCUT2D eigenvalue weighted by atomic mass is 35.5. The molecule has 1 aromatic rings. The molecule has 1 aromatic carbocycles. The molecule has 25 heavy (non-hydrogen) atoms. The van der Waals surface area contributed by atoms with Crippen LogP contribution in [0.1, 0.15) is 31.4 Å². The number of piperazine rings is 1. The topological polar surface area (TPSA) is 24.5 Å². The summed E-state index contributed by atoms with van der Waals surface area (Å²) in [5.74, 6) is -0.255. The maximum atomic E-state index is 12.9. The second kappa shape index (κ2) is 11.1. The highest BCUT2D eigenvalue weighted by Crippen LogP contribution is 2.31. The highest BCUT2D eigenvalue weighted by molar-refractivity contribution is 5.85. The molecule has 1 atom stereocenters. The monoisotopic (exact) mass is 406 g/mol. The van der Waals surface area contributed by atoms with Crippen LogP contribution >= 0.6 is 24.8 Å². The van der Waals surface area contributed by atoms with Gasteiger partial charge in [0.1, 0.15) is 5.75 Å². The van der Waals surface area contributed by atoms with Gasteiger partial charge in [-0.05, 0) is 24.1 Å². The Morgan fingerprint density at radius 1 is 1.12 bits per heavy atom. The van der Waals surface area contributed by atoms with Crippen LogP contribution in [-0.4, -0.2) is 43.6 Å². The summed E-state index contributed by atoms with van der Waals surface area (Å²) in [5, 5.41) is 3.29. The van der Waals surface area contributed by atoms with Crippen molar-refractivity contribution in [3.63, 3.8) is 0 Å². The van der Waals surface area contributed by atoms with Gasteiger partial charge in [0.2, 0.25) is 0 Å². The molecule has 0 radical (unpaired) electrons. The Balaban J connectivity index is 0.00000288. The van der Waals surface area contributed by atoms with Crippen LogP contribution in [-0.2, 0) is 0 Å². The van der Waals surface area contributed by atoms with E-state index in [-0.39, 0.29) is 36.6 Å². The average molecular weight is 407 g/mol. The molecule has 3 nitrogen and oxygen atoms in total. The van der Waals surface area contributed by atoms with Crippen molar-refractivity contribution in [2.75, 3.05) is 26.2 Å². The zero-order chi connectivity index (χ0) is 16.9. The fraction of sp³-hybridized carbons (Fsp3) is 0.625. The minimum atomic E-state index is -4.47. The molecule has 0 aliphatic carbocycles. The van der Waals surface area contributed by atoms with Gasteiger partial charge in [-0.15, -0.1) is 24.8 Å². The largest absolute Gasteiger partial charge is 0.461 e. The number of nitrogens with one attached hydrogen (secondary N) is 1. The van der Waals surface area contributed by atoms with E-state index < -0.39 is 12.5 Å². The Labute approximate surface area is 157 Å². The van der Waals surface area contributed by atoms with Crippen LogP contribution < -0.4 is 10.1 Å². The molecule has 0 saturated carbocycles. The number of alkyl halides is 4. The minimum absolute atomic E-state index is 0. The van der Waals surface area contributed by atoms with Crippen molar-refractivity contribution >= 4 is 24.8 Å². The van der Waals surface area contributed by atoms with Gasteiger partial charge in [0, 0.05) is 32.2 Å². The van der Waals surface area contributed by atoms with Crippen molar-refractivity contribution < 1.29 is 22.3 Å². The Bertz CT molecular complexity index is 486. The van der Waals surface area contributed by atoms with E-state index in [9.17, 15) is 17.6 Å². The molecular formula is C16H24Cl2F4N2O. The van der Waals surface area contributed by atoms with Gasteiger partial charge in [-0.1, -0.05) is 25.5 Å². The maximum absolute atomic E-state index is 12.9. The van der Waals surface area contributed by atoms with E-state index in [4.69, 9.17) is 0 Å². The van der Waals surface area contributed by atoms with Crippen LogP contribution in [0.4, 0.5) is 17.6 Å². The van der Waals surface area contributed by atoms with Crippen molar-refractivity contribution in [2.45, 2.75) is 38.3 Å². The molecule has 9 heteroatoms. The molecule has 1 aliphatic heterocycles. The third-order valence-electron chi connectivity index (χ3n) is 3.93. The smallest absolute Gasteiger partial charge is 0.428 e. The Morgan fingerprint density at radius 2 is 1.68 bits per heavy atom. The van der Waals surface area contributed by atoms with Crippen LogP contribution in [0.2, 0.25) is 0 Å². The first-order valence-corrected chi connectivity index (χ1v) is 7.83. The summed E-state index contributed by atoms with van der Waals surface area (Å²) in [4.78, 5) is 2.35. The van der Waals surface area contributed by atoms with Crippen LogP contribution in [0.25, 0.3) is 0 Å². The third-order valence-corrected chi connectivity index (χ3v) is 3.93. The summed E-state index contributed by atoms with van der Waals surface area (Å²) in [6.45, 7) is 5.78. The molecule has 0 unspecified atom stereocenters. The number of benzene rings is 1. The molecule has 1 heterocycles. The van der Waals surface area contributed by atoms with Crippen molar-refractivity contribution in [2.24, 2.45) is 0 Å². The highest BCUT2D eigenvalue weighted by Gasteiger charge is 2.43. The maximum Gasteiger partial charge on any atom is 0.461 e. The SMILES string of the molecule is CCC[C@@H](c1ccc(OC(F)(F)C(F)F)cc1)N1CCNCC1.Cl.Cl. The zero-order valence-corrected chi connectivity index (χ0v) is 15.5. The molecule has 146 valence electrons. The molecule has 0 aromatic heterocycles. The van der Waals surface area contributed by atoms with E-state index in [0.29, 0.717) is 0 Å². The molecule has 2 rings (SSSR count). The second-order valence-electron chi connectivity index (χ2n) is 5.62. The lowest BCUT2D eigenvalue weighted by Crippen LogP contribution is -2.45. The molecule has 1 aliphatic rings. The summed E-state index contributed by atoms with van der Waals surface area (Å²) in [6, 6.07) is 6.22. The lowest BCUT2D eigenvalue weighted by atomic mass is 10.00. The Morgan fingerprint density at radius 3 is 2.16 bits per heavy atom. The molecule has 0 bridgehead atoms. The predicted molar refractivity (Wildman–Crippen MR) is 94.6 cm³/mol. The molecule has 0 spiro atoms. The second-order valence-corrected chi connectivity index (χ2v) is 5.62. The van der Waals surface area contributed by atoms with Crippen molar-refractivity contribution in [3.05, 3.63) is 29.8 Å². The average Bonchev–Trinajstić information content (AvgIpc) is 2.54. The van der Waals surface area contributed by atoms with E-state index in [2.05, 4.69) is 21.9 Å². The van der Waals surface area contributed by atoms with Gasteiger partial charge in [0.05, 0.1) is 0 Å². The van der Waals surface area contributed by atoms with Crippen LogP contribution in [0.15, 0.2) is 24.3 Å². The molecule has 1 fully saturated rings. The van der Waals surface area contributed by atoms with Crippen LogP contribution in [0, 0.1) is 0 Å². The van der Waals surface area contributed by atoms with Gasteiger partial charge in [-0.3, -0.25) is 4.90 Å². The Kier molecular flexibility index (Phi) is 10.7. The van der Waals surface area contributed by atoms with E-state index in [1.54, 1.807) is 12.1 Å². The van der Waals surface area contributed by atoms with Crippen molar-refractivity contribution in [1.29, 1.82) is 0 Å². The minimum Gasteiger partial charge on any atom is -0.428 e. The fourth-order valence-corrected chi connectivity index (χ4v) is 2.79. The van der Waals surface area contributed by atoms with E-state index in [1.807, 2.05) is 0 Å². The zero-order valence-electron chi connectivity index (χ0n) is 13.9. The summed E-state index contributed by atoms with van der Waals surface area (Å²) in [5.41, 5.74) is 0.987. The van der Waals surface area contributed by atoms with Crippen molar-refractivity contribution in [3.8, 4) is 5.75 Å². The summed E-state index contributed by atoms with van der Waals surface area (Å²) in [7, 11) is 0. The lowest BCUT2D eigenvalue weighted by molar-refractivity contribution is -0.253. The van der Waals surface area contributed by atoms with Gasteiger partial charge in [0.15, 0.2) is 0 Å². The van der Waals surface area contributed by atoms with E-state index in [1.165, 1.54) is 12.1 Å². The lowest BCUT2D eigenvalue weighted by Gasteiger charge is -2.35. The first-order valence-electron chi connectivity index (χ1n) is 7.83. The summed E-state index contributed by atoms with van der Waals surface area (Å²) < 4.78 is 54.3. The van der Waals surface area contributed by atoms with Gasteiger partial charge >= 0.3 is 12.5 Å². The third kappa shape index (κ3) is 6.81. The predicted octanol–water partition coefficient (Wildman–Crippen LogP) is 4.51. The number of nitrogens with zero attached hydrogens (tertiary/aromatic N) is 1. The molecular weight excluding hydrogens is 383 g/mol. The Hall–Kier alpha value is -0.760. The normalized spacial score (nSPS) is 16.7. The van der Waals surface area contributed by atoms with Gasteiger partial charge in [-0.25, -0.2) is 0 Å². The molecule has 1 N–H and O–H groups in total. The van der Waals surface area contributed by atoms with Crippen LogP contribution in [0.5, 0.6) is 5.75 Å². The van der Waals surface area contributed by atoms with Gasteiger partial charge < -0.3 is 10.1 Å². The quantitative estimate of drug-likeness (QED) is 0.673. The number of ether oxygens (including phenoxy) is 1. The van der Waals surface area contributed by atoms with Crippen LogP contribution in [0.3, 0.4) is 0 Å². The first-order chi connectivity index (χ1) is 10.9. The standard InChI is InChI=1S/C16H22F4N2O.2ClH/c1-2-3-14(22-10-8-21-9-11-22)12-4-6-13(7-5-12)23-16(19,20)15(17)18;;/h4-7,14-15,21H,2-3,8-11H2,1H3;2*1H/t14-;;/m0../s1. The number of rotatable bonds is 7. The summed E-state index contributed by atoms with van der Waals surface area (Å²) in [6.07, 6.45) is -6.37. The van der Waals surface area contributed by atoms with E-state index >= 15 is 0 Å². The summed E-state index contributed by atoms with van der Waals surface area (Å²) >= 11 is 0. The van der Waals surface area contributed by atoms with E-state index in [0.717, 1.165) is 44.6 Å². The number of halogens is 6. The van der Waals surface area contributed by atoms with Gasteiger partial charge in [-0.2, -0.15) is 17.6 Å². The number of hydrogen-bond acceptors (Lipinski definition) is 3. The van der Waals surface area contributed by atoms with Gasteiger partial charge in [0.25, 0.3) is 0 Å². The van der Waals surface area contributed by atoms with Crippen molar-refractivity contribution in [1.82, 2.24) is 10.2 Å². The molecule has 0 amide bonds. The number of hydrogen-bond donors (Lipinski definition) is 1. The first kappa shape index (κ1) is 24.2.